The summed E-state index contributed by atoms with van der Waals surface area (Å²) in [5.74, 6) is -3.88. The molecule has 1 saturated carbocycles. The first-order valence-electron chi connectivity index (χ1n) is 9.98. The standard InChI is InChI=1S/C22H28F2N2O3S/c1-5-29-20(27)11-17(18-12-22(23,24)13-18)10-19(26-30(28)21(2,3)4)16-8-6-15(14-25)7-9-16/h6-9,17-18H,5,10-13H2,1-4H3/t17-,30?/m0/s1. The third-order valence-corrected chi connectivity index (χ3v) is 6.48. The molecule has 0 aliphatic heterocycles. The molecule has 2 atom stereocenters. The van der Waals surface area contributed by atoms with Gasteiger partial charge in [-0.2, -0.15) is 5.26 Å². The number of rotatable bonds is 8. The molecule has 0 radical (unpaired) electrons. The molecule has 1 unspecified atom stereocenters. The van der Waals surface area contributed by atoms with Gasteiger partial charge in [0.25, 0.3) is 0 Å². The quantitative estimate of drug-likeness (QED) is 0.331. The van der Waals surface area contributed by atoms with Crippen LogP contribution in [0.1, 0.15) is 64.5 Å². The Bertz CT molecular complexity index is 805. The Hall–Kier alpha value is -1.98. The molecule has 1 aromatic rings. The van der Waals surface area contributed by atoms with E-state index < -0.39 is 33.9 Å². The van der Waals surface area contributed by atoms with Crippen molar-refractivity contribution in [1.82, 2.24) is 0 Å². The Morgan fingerprint density at radius 3 is 2.40 bits per heavy atom. The highest BCUT2D eigenvalue weighted by Crippen LogP contribution is 2.48. The Morgan fingerprint density at radius 1 is 1.33 bits per heavy atom. The molecule has 2 rings (SSSR count). The maximum Gasteiger partial charge on any atom is 0.306 e. The molecule has 8 heteroatoms. The van der Waals surface area contributed by atoms with E-state index in [1.807, 2.05) is 6.07 Å². The van der Waals surface area contributed by atoms with Gasteiger partial charge in [0, 0.05) is 24.8 Å². The van der Waals surface area contributed by atoms with E-state index in [4.69, 9.17) is 10.00 Å². The lowest BCUT2D eigenvalue weighted by Gasteiger charge is -2.40. The molecule has 0 aromatic heterocycles. The Labute approximate surface area is 179 Å². The fourth-order valence-corrected chi connectivity index (χ4v) is 3.96. The average Bonchev–Trinajstić information content (AvgIpc) is 2.64. The summed E-state index contributed by atoms with van der Waals surface area (Å²) in [6, 6.07) is 8.70. The van der Waals surface area contributed by atoms with Gasteiger partial charge in [-0.1, -0.05) is 16.5 Å². The van der Waals surface area contributed by atoms with Crippen molar-refractivity contribution in [3.05, 3.63) is 35.4 Å². The van der Waals surface area contributed by atoms with E-state index in [9.17, 15) is 18.1 Å². The van der Waals surface area contributed by atoms with E-state index in [1.54, 1.807) is 52.0 Å². The van der Waals surface area contributed by atoms with Gasteiger partial charge in [-0.05, 0) is 58.1 Å². The number of benzene rings is 1. The highest BCUT2D eigenvalue weighted by molar-refractivity contribution is 7.91. The van der Waals surface area contributed by atoms with Crippen LogP contribution >= 0.6 is 0 Å². The highest BCUT2D eigenvalue weighted by atomic mass is 32.2. The zero-order chi connectivity index (χ0) is 22.5. The summed E-state index contributed by atoms with van der Waals surface area (Å²) < 4.78 is 48.6. The van der Waals surface area contributed by atoms with Crippen molar-refractivity contribution in [2.45, 2.75) is 64.0 Å². The van der Waals surface area contributed by atoms with E-state index in [1.165, 1.54) is 0 Å². The Balaban J connectivity index is 2.34. The largest absolute Gasteiger partial charge is 0.591 e. The van der Waals surface area contributed by atoms with Crippen LogP contribution in [0.4, 0.5) is 8.78 Å². The van der Waals surface area contributed by atoms with Gasteiger partial charge in [0.15, 0.2) is 0 Å². The molecule has 0 bridgehead atoms. The summed E-state index contributed by atoms with van der Waals surface area (Å²) in [6.45, 7) is 7.31. The minimum Gasteiger partial charge on any atom is -0.591 e. The van der Waals surface area contributed by atoms with E-state index in [2.05, 4.69) is 4.40 Å². The molecule has 1 aliphatic carbocycles. The van der Waals surface area contributed by atoms with Gasteiger partial charge in [0.1, 0.15) is 16.1 Å². The van der Waals surface area contributed by atoms with Crippen LogP contribution in [0, 0.1) is 23.2 Å². The van der Waals surface area contributed by atoms with Crippen molar-refractivity contribution in [3.63, 3.8) is 0 Å². The second-order valence-corrected chi connectivity index (χ2v) is 10.5. The molecule has 1 fully saturated rings. The number of nitriles is 1. The van der Waals surface area contributed by atoms with Crippen LogP contribution in [0.15, 0.2) is 28.7 Å². The third-order valence-electron chi connectivity index (χ3n) is 5.04. The number of hydrogen-bond acceptors (Lipinski definition) is 5. The van der Waals surface area contributed by atoms with Gasteiger partial charge in [0.05, 0.1) is 24.0 Å². The van der Waals surface area contributed by atoms with E-state index in [-0.39, 0.29) is 38.2 Å². The number of halogens is 2. The number of esters is 1. The minimum absolute atomic E-state index is 0.00599. The van der Waals surface area contributed by atoms with Crippen LogP contribution in [-0.4, -0.2) is 33.5 Å². The van der Waals surface area contributed by atoms with Crippen molar-refractivity contribution >= 4 is 23.0 Å². The minimum atomic E-state index is -2.71. The zero-order valence-electron chi connectivity index (χ0n) is 17.8. The van der Waals surface area contributed by atoms with Crippen LogP contribution < -0.4 is 0 Å². The first kappa shape index (κ1) is 24.3. The molecule has 5 nitrogen and oxygen atoms in total. The molecule has 30 heavy (non-hydrogen) atoms. The Kier molecular flexibility index (Phi) is 8.00. The van der Waals surface area contributed by atoms with Crippen molar-refractivity contribution in [1.29, 1.82) is 5.26 Å². The monoisotopic (exact) mass is 438 g/mol. The second kappa shape index (κ2) is 9.88. The number of carbonyl (C=O) groups is 1. The van der Waals surface area contributed by atoms with Crippen molar-refractivity contribution in [2.75, 3.05) is 6.61 Å². The van der Waals surface area contributed by atoms with Crippen LogP contribution in [0.2, 0.25) is 0 Å². The van der Waals surface area contributed by atoms with Gasteiger partial charge in [-0.3, -0.25) is 4.79 Å². The molecule has 1 aromatic carbocycles. The van der Waals surface area contributed by atoms with E-state index in [0.717, 1.165) is 0 Å². The summed E-state index contributed by atoms with van der Waals surface area (Å²) in [5.41, 5.74) is 1.61. The maximum atomic E-state index is 13.5. The third kappa shape index (κ3) is 6.78. The molecule has 1 aliphatic rings. The molecular weight excluding hydrogens is 410 g/mol. The molecule has 0 heterocycles. The molecule has 0 amide bonds. The summed E-state index contributed by atoms with van der Waals surface area (Å²) in [4.78, 5) is 12.1. The number of hydrogen-bond donors (Lipinski definition) is 0. The van der Waals surface area contributed by atoms with Crippen LogP contribution in [0.25, 0.3) is 0 Å². The van der Waals surface area contributed by atoms with E-state index in [0.29, 0.717) is 16.8 Å². The topological polar surface area (TPSA) is 85.5 Å². The normalized spacial score (nSPS) is 18.8. The number of alkyl halides is 2. The van der Waals surface area contributed by atoms with Crippen LogP contribution in [0.3, 0.4) is 0 Å². The number of nitrogens with zero attached hydrogens (tertiary/aromatic N) is 2. The predicted octanol–water partition coefficient (Wildman–Crippen LogP) is 4.81. The predicted molar refractivity (Wildman–Crippen MR) is 113 cm³/mol. The maximum absolute atomic E-state index is 13.5. The lowest BCUT2D eigenvalue weighted by Crippen LogP contribution is -2.41. The fourth-order valence-electron chi connectivity index (χ4n) is 3.31. The average molecular weight is 439 g/mol. The first-order valence-corrected chi connectivity index (χ1v) is 11.1. The fraction of sp³-hybridized carbons (Fsp3) is 0.591. The summed E-state index contributed by atoms with van der Waals surface area (Å²) in [7, 11) is 0. The molecule has 0 spiro atoms. The highest BCUT2D eigenvalue weighted by Gasteiger charge is 2.49. The molecule has 164 valence electrons. The Morgan fingerprint density at radius 2 is 1.93 bits per heavy atom. The smallest absolute Gasteiger partial charge is 0.306 e. The van der Waals surface area contributed by atoms with Crippen LogP contribution in [-0.2, 0) is 20.9 Å². The van der Waals surface area contributed by atoms with Crippen molar-refractivity contribution < 1.29 is 22.9 Å². The molecular formula is C22H28F2N2O3S. The number of carbonyl (C=O) groups excluding carboxylic acids is 1. The second-order valence-electron chi connectivity index (χ2n) is 8.59. The molecule has 0 saturated heterocycles. The SMILES string of the molecule is CCOC(=O)C[C@H](CC(=N[S+]([O-])C(C)(C)C)c1ccc(C#N)cc1)C1CC(F)(F)C1. The van der Waals surface area contributed by atoms with Gasteiger partial charge in [-0.15, -0.1) is 0 Å². The van der Waals surface area contributed by atoms with Crippen LogP contribution in [0.5, 0.6) is 0 Å². The molecule has 0 N–H and O–H groups in total. The summed E-state index contributed by atoms with van der Waals surface area (Å²) in [5, 5.41) is 9.02. The lowest BCUT2D eigenvalue weighted by molar-refractivity contribution is -0.151. The zero-order valence-corrected chi connectivity index (χ0v) is 18.6. The van der Waals surface area contributed by atoms with Crippen molar-refractivity contribution in [2.24, 2.45) is 16.2 Å². The summed E-state index contributed by atoms with van der Waals surface area (Å²) in [6.07, 6.45) is -0.320. The lowest BCUT2D eigenvalue weighted by atomic mass is 9.70. The van der Waals surface area contributed by atoms with Gasteiger partial charge >= 0.3 is 5.97 Å². The van der Waals surface area contributed by atoms with Gasteiger partial charge in [-0.25, -0.2) is 8.78 Å². The first-order chi connectivity index (χ1) is 13.9. The van der Waals surface area contributed by atoms with Gasteiger partial charge < -0.3 is 9.29 Å². The van der Waals surface area contributed by atoms with Crippen molar-refractivity contribution in [3.8, 4) is 6.07 Å². The van der Waals surface area contributed by atoms with Gasteiger partial charge in [0.2, 0.25) is 5.92 Å². The summed E-state index contributed by atoms with van der Waals surface area (Å²) >= 11 is -1.56. The number of ether oxygens (including phenoxy) is 1. The van der Waals surface area contributed by atoms with E-state index >= 15 is 0 Å².